The van der Waals surface area contributed by atoms with Crippen LogP contribution in [0, 0.1) is 0 Å². The lowest BCUT2D eigenvalue weighted by molar-refractivity contribution is -0.167. The zero-order valence-electron chi connectivity index (χ0n) is 9.75. The number of hydrogen-bond acceptors (Lipinski definition) is 2. The Kier molecular flexibility index (Phi) is 4.68. The third-order valence-electron chi connectivity index (χ3n) is 2.08. The van der Waals surface area contributed by atoms with Gasteiger partial charge in [-0.1, -0.05) is 18.2 Å². The average Bonchev–Trinajstić information content (AvgIpc) is 2.35. The molecule has 4 nitrogen and oxygen atoms in total. The van der Waals surface area contributed by atoms with Gasteiger partial charge in [0.05, 0.1) is 11.3 Å². The minimum absolute atomic E-state index is 0.0537. The lowest BCUT2D eigenvalue weighted by atomic mass is 10.1. The highest BCUT2D eigenvalue weighted by molar-refractivity contribution is 6.04. The second kappa shape index (κ2) is 6.03. The van der Waals surface area contributed by atoms with E-state index in [1.165, 1.54) is 30.3 Å². The fraction of sp³-hybridized carbons (Fsp3) is 0.167. The van der Waals surface area contributed by atoms with Crippen LogP contribution >= 0.6 is 0 Å². The van der Waals surface area contributed by atoms with E-state index < -0.39 is 18.0 Å². The molecule has 0 atom stereocenters. The maximum absolute atomic E-state index is 12.1. The smallest absolute Gasteiger partial charge is 0.349 e. The molecular weight excluding hydrogens is 261 g/mol. The van der Waals surface area contributed by atoms with E-state index in [4.69, 9.17) is 0 Å². The van der Waals surface area contributed by atoms with E-state index in [9.17, 15) is 22.8 Å². The van der Waals surface area contributed by atoms with Crippen molar-refractivity contribution in [3.05, 3.63) is 42.5 Å². The van der Waals surface area contributed by atoms with Gasteiger partial charge in [-0.2, -0.15) is 13.2 Å². The molecule has 0 saturated carbocycles. The fourth-order valence-electron chi connectivity index (χ4n) is 1.24. The molecule has 2 amide bonds. The van der Waals surface area contributed by atoms with Crippen LogP contribution < -0.4 is 10.6 Å². The maximum Gasteiger partial charge on any atom is 0.471 e. The first-order valence-corrected chi connectivity index (χ1v) is 5.22. The lowest BCUT2D eigenvalue weighted by Crippen LogP contribution is -2.31. The molecule has 1 aromatic carbocycles. The summed E-state index contributed by atoms with van der Waals surface area (Å²) in [6.07, 6.45) is -3.58. The molecule has 0 spiro atoms. The normalized spacial score (nSPS) is 10.7. The number of carbonyl (C=O) groups is 2. The number of halogens is 3. The van der Waals surface area contributed by atoms with Crippen LogP contribution in [0.1, 0.15) is 10.4 Å². The Morgan fingerprint density at radius 3 is 2.47 bits per heavy atom. The highest BCUT2D eigenvalue weighted by atomic mass is 19.4. The minimum Gasteiger partial charge on any atom is -0.349 e. The second-order valence-electron chi connectivity index (χ2n) is 3.50. The summed E-state index contributed by atoms with van der Waals surface area (Å²) in [5.41, 5.74) is -0.256. The van der Waals surface area contributed by atoms with E-state index in [0.717, 1.165) is 0 Å². The standard InChI is InChI=1S/C12H11F3N2O2/c1-2-7-16-10(18)8-5-3-4-6-9(8)17-11(19)12(13,14)15/h2-6H,1,7H2,(H,16,18)(H,17,19). The first kappa shape index (κ1) is 14.7. The van der Waals surface area contributed by atoms with E-state index >= 15 is 0 Å². The van der Waals surface area contributed by atoms with Crippen molar-refractivity contribution < 1.29 is 22.8 Å². The van der Waals surface area contributed by atoms with Gasteiger partial charge in [-0.3, -0.25) is 9.59 Å². The van der Waals surface area contributed by atoms with Crippen LogP contribution in [0.2, 0.25) is 0 Å². The zero-order chi connectivity index (χ0) is 14.5. The number of alkyl halides is 3. The van der Waals surface area contributed by atoms with Crippen LogP contribution in [0.3, 0.4) is 0 Å². The summed E-state index contributed by atoms with van der Waals surface area (Å²) in [6.45, 7) is 3.56. The van der Waals surface area contributed by atoms with Gasteiger partial charge in [0.15, 0.2) is 0 Å². The summed E-state index contributed by atoms with van der Waals surface area (Å²) in [5.74, 6) is -2.73. The molecule has 2 N–H and O–H groups in total. The predicted molar refractivity (Wildman–Crippen MR) is 63.7 cm³/mol. The van der Waals surface area contributed by atoms with E-state index in [-0.39, 0.29) is 17.8 Å². The largest absolute Gasteiger partial charge is 0.471 e. The van der Waals surface area contributed by atoms with Crippen LogP contribution in [-0.4, -0.2) is 24.5 Å². The Balaban J connectivity index is 2.93. The molecule has 0 unspecified atom stereocenters. The van der Waals surface area contributed by atoms with Crippen LogP contribution in [0.5, 0.6) is 0 Å². The van der Waals surface area contributed by atoms with Crippen LogP contribution in [0.4, 0.5) is 18.9 Å². The molecule has 0 aliphatic heterocycles. The summed E-state index contributed by atoms with van der Waals surface area (Å²) in [7, 11) is 0. The molecule has 0 bridgehead atoms. The Labute approximate surface area is 107 Å². The van der Waals surface area contributed by atoms with Gasteiger partial charge < -0.3 is 10.6 Å². The molecule has 0 heterocycles. The molecule has 1 rings (SSSR count). The third-order valence-corrected chi connectivity index (χ3v) is 2.08. The number of benzene rings is 1. The maximum atomic E-state index is 12.1. The highest BCUT2D eigenvalue weighted by Crippen LogP contribution is 2.20. The molecule has 102 valence electrons. The van der Waals surface area contributed by atoms with E-state index in [1.807, 2.05) is 0 Å². The van der Waals surface area contributed by atoms with Crippen LogP contribution in [-0.2, 0) is 4.79 Å². The molecule has 0 fully saturated rings. The topological polar surface area (TPSA) is 58.2 Å². The number of rotatable bonds is 4. The summed E-state index contributed by atoms with van der Waals surface area (Å²) in [6, 6.07) is 5.42. The Hall–Kier alpha value is -2.31. The lowest BCUT2D eigenvalue weighted by Gasteiger charge is -2.11. The molecule has 0 aliphatic rings. The molecule has 7 heteroatoms. The van der Waals surface area contributed by atoms with Crippen molar-refractivity contribution in [2.24, 2.45) is 0 Å². The number of anilines is 1. The summed E-state index contributed by atoms with van der Waals surface area (Å²) in [5, 5.41) is 4.07. The van der Waals surface area contributed by atoms with E-state index in [2.05, 4.69) is 11.9 Å². The molecule has 1 aromatic rings. The first-order chi connectivity index (χ1) is 8.86. The molecule has 0 radical (unpaired) electrons. The van der Waals surface area contributed by atoms with Gasteiger partial charge >= 0.3 is 12.1 Å². The Morgan fingerprint density at radius 2 is 1.89 bits per heavy atom. The molecule has 19 heavy (non-hydrogen) atoms. The number of para-hydroxylation sites is 1. The van der Waals surface area contributed by atoms with Crippen molar-refractivity contribution in [2.75, 3.05) is 11.9 Å². The molecular formula is C12H11F3N2O2. The summed E-state index contributed by atoms with van der Waals surface area (Å²) in [4.78, 5) is 22.5. The quantitative estimate of drug-likeness (QED) is 0.825. The average molecular weight is 272 g/mol. The van der Waals surface area contributed by atoms with Crippen molar-refractivity contribution in [1.82, 2.24) is 5.32 Å². The highest BCUT2D eigenvalue weighted by Gasteiger charge is 2.39. The van der Waals surface area contributed by atoms with Gasteiger partial charge in [-0.05, 0) is 12.1 Å². The fourth-order valence-corrected chi connectivity index (χ4v) is 1.24. The Morgan fingerprint density at radius 1 is 1.26 bits per heavy atom. The predicted octanol–water partition coefficient (Wildman–Crippen LogP) is 2.10. The van der Waals surface area contributed by atoms with E-state index in [0.29, 0.717) is 0 Å². The van der Waals surface area contributed by atoms with Crippen molar-refractivity contribution >= 4 is 17.5 Å². The number of nitrogens with one attached hydrogen (secondary N) is 2. The number of carbonyl (C=O) groups excluding carboxylic acids is 2. The van der Waals surface area contributed by atoms with Gasteiger partial charge in [0.25, 0.3) is 5.91 Å². The minimum atomic E-state index is -5.01. The van der Waals surface area contributed by atoms with Gasteiger partial charge in [0, 0.05) is 6.54 Å². The number of amides is 2. The number of hydrogen-bond donors (Lipinski definition) is 2. The molecule has 0 aromatic heterocycles. The van der Waals surface area contributed by atoms with Crippen molar-refractivity contribution in [2.45, 2.75) is 6.18 Å². The molecule has 0 aliphatic carbocycles. The van der Waals surface area contributed by atoms with Gasteiger partial charge in [-0.25, -0.2) is 0 Å². The third kappa shape index (κ3) is 4.13. The summed E-state index contributed by atoms with van der Waals surface area (Å²) >= 11 is 0. The zero-order valence-corrected chi connectivity index (χ0v) is 9.75. The van der Waals surface area contributed by atoms with Crippen molar-refractivity contribution in [1.29, 1.82) is 0 Å². The molecule has 0 saturated heterocycles. The first-order valence-electron chi connectivity index (χ1n) is 5.22. The van der Waals surface area contributed by atoms with Crippen LogP contribution in [0.25, 0.3) is 0 Å². The van der Waals surface area contributed by atoms with Crippen molar-refractivity contribution in [3.63, 3.8) is 0 Å². The van der Waals surface area contributed by atoms with Gasteiger partial charge in [-0.15, -0.1) is 6.58 Å². The SMILES string of the molecule is C=CCNC(=O)c1ccccc1NC(=O)C(F)(F)F. The Bertz CT molecular complexity index is 498. The van der Waals surface area contributed by atoms with Gasteiger partial charge in [0.1, 0.15) is 0 Å². The van der Waals surface area contributed by atoms with E-state index in [1.54, 1.807) is 5.32 Å². The van der Waals surface area contributed by atoms with Gasteiger partial charge in [0.2, 0.25) is 0 Å². The van der Waals surface area contributed by atoms with Crippen LogP contribution in [0.15, 0.2) is 36.9 Å². The second-order valence-corrected chi connectivity index (χ2v) is 3.50. The monoisotopic (exact) mass is 272 g/mol. The summed E-state index contributed by atoms with van der Waals surface area (Å²) < 4.78 is 36.4. The van der Waals surface area contributed by atoms with Crippen molar-refractivity contribution in [3.8, 4) is 0 Å².